The van der Waals surface area contributed by atoms with Crippen molar-refractivity contribution >= 4 is 5.97 Å². The van der Waals surface area contributed by atoms with Gasteiger partial charge in [0.15, 0.2) is 5.41 Å². The molecular weight excluding hydrogens is 194 g/mol. The molecule has 84 valence electrons. The molecule has 4 nitrogen and oxygen atoms in total. The van der Waals surface area contributed by atoms with Crippen LogP contribution in [-0.2, 0) is 9.53 Å². The number of hydrogen-bond donors (Lipinski definition) is 1. The molecule has 1 heterocycles. The maximum Gasteiger partial charge on any atom is 0.330 e. The van der Waals surface area contributed by atoms with Gasteiger partial charge in [-0.1, -0.05) is 13.3 Å². The molecule has 2 unspecified atom stereocenters. The van der Waals surface area contributed by atoms with Crippen molar-refractivity contribution < 1.29 is 14.6 Å². The molecule has 2 atom stereocenters. The molecule has 15 heavy (non-hydrogen) atoms. The fourth-order valence-corrected chi connectivity index (χ4v) is 2.24. The van der Waals surface area contributed by atoms with Crippen molar-refractivity contribution in [2.75, 3.05) is 0 Å². The molecule has 1 N–H and O–H groups in total. The monoisotopic (exact) mass is 211 g/mol. The summed E-state index contributed by atoms with van der Waals surface area (Å²) in [4.78, 5) is 11.6. The standard InChI is InChI=1S/C11H17NO3/c1-5-6-11(14)9(2,3)15-8(13)10(11,4)7-12/h14H,5-6H2,1-4H3. The lowest BCUT2D eigenvalue weighted by molar-refractivity contribution is -0.152. The normalized spacial score (nSPS) is 38.5. The summed E-state index contributed by atoms with van der Waals surface area (Å²) in [6, 6.07) is 1.90. The van der Waals surface area contributed by atoms with Crippen molar-refractivity contribution in [1.29, 1.82) is 5.26 Å². The highest BCUT2D eigenvalue weighted by molar-refractivity contribution is 5.84. The van der Waals surface area contributed by atoms with E-state index in [2.05, 4.69) is 0 Å². The summed E-state index contributed by atoms with van der Waals surface area (Å²) >= 11 is 0. The summed E-state index contributed by atoms with van der Waals surface area (Å²) in [5.74, 6) is -0.633. The Balaban J connectivity index is 3.29. The Kier molecular flexibility index (Phi) is 2.56. The topological polar surface area (TPSA) is 70.3 Å². The SMILES string of the molecule is CCCC1(O)C(C)(C)OC(=O)C1(C)C#N. The average molecular weight is 211 g/mol. The van der Waals surface area contributed by atoms with Crippen LogP contribution in [0.2, 0.25) is 0 Å². The van der Waals surface area contributed by atoms with Crippen molar-refractivity contribution in [3.63, 3.8) is 0 Å². The third-order valence-electron chi connectivity index (χ3n) is 3.41. The minimum absolute atomic E-state index is 0.371. The van der Waals surface area contributed by atoms with E-state index in [4.69, 9.17) is 10.00 Å². The van der Waals surface area contributed by atoms with Gasteiger partial charge in [-0.3, -0.25) is 4.79 Å². The van der Waals surface area contributed by atoms with Gasteiger partial charge in [-0.25, -0.2) is 0 Å². The Hall–Kier alpha value is -1.08. The van der Waals surface area contributed by atoms with Crippen LogP contribution < -0.4 is 0 Å². The number of aliphatic hydroxyl groups is 1. The van der Waals surface area contributed by atoms with Gasteiger partial charge in [-0.05, 0) is 27.2 Å². The van der Waals surface area contributed by atoms with E-state index in [0.29, 0.717) is 12.8 Å². The Morgan fingerprint density at radius 2 is 2.00 bits per heavy atom. The van der Waals surface area contributed by atoms with Crippen molar-refractivity contribution in [2.45, 2.75) is 51.7 Å². The highest BCUT2D eigenvalue weighted by Crippen LogP contribution is 2.51. The predicted octanol–water partition coefficient (Wildman–Crippen LogP) is 1.38. The highest BCUT2D eigenvalue weighted by Gasteiger charge is 2.69. The van der Waals surface area contributed by atoms with Gasteiger partial charge in [-0.2, -0.15) is 5.26 Å². The summed E-state index contributed by atoms with van der Waals surface area (Å²) in [6.45, 7) is 6.63. The van der Waals surface area contributed by atoms with Gasteiger partial charge in [0.1, 0.15) is 11.2 Å². The van der Waals surface area contributed by atoms with Crippen LogP contribution in [-0.4, -0.2) is 22.3 Å². The molecule has 0 aromatic rings. The first kappa shape index (κ1) is 12.0. The van der Waals surface area contributed by atoms with Gasteiger partial charge in [0.05, 0.1) is 6.07 Å². The quantitative estimate of drug-likeness (QED) is 0.700. The minimum Gasteiger partial charge on any atom is -0.455 e. The van der Waals surface area contributed by atoms with Gasteiger partial charge >= 0.3 is 5.97 Å². The molecule has 0 spiro atoms. The summed E-state index contributed by atoms with van der Waals surface area (Å²) in [5.41, 5.74) is -3.89. The Morgan fingerprint density at radius 1 is 1.47 bits per heavy atom. The lowest BCUT2D eigenvalue weighted by atomic mass is 9.67. The van der Waals surface area contributed by atoms with Crippen molar-refractivity contribution in [2.24, 2.45) is 5.41 Å². The number of nitrogens with zero attached hydrogens (tertiary/aromatic N) is 1. The van der Waals surface area contributed by atoms with E-state index >= 15 is 0 Å². The number of nitriles is 1. The molecule has 0 aromatic heterocycles. The highest BCUT2D eigenvalue weighted by atomic mass is 16.6. The van der Waals surface area contributed by atoms with Crippen molar-refractivity contribution in [1.82, 2.24) is 0 Å². The third-order valence-corrected chi connectivity index (χ3v) is 3.41. The van der Waals surface area contributed by atoms with Gasteiger partial charge < -0.3 is 9.84 Å². The van der Waals surface area contributed by atoms with Crippen LogP contribution >= 0.6 is 0 Å². The predicted molar refractivity (Wildman–Crippen MR) is 53.7 cm³/mol. The van der Waals surface area contributed by atoms with Crippen LogP contribution in [0.3, 0.4) is 0 Å². The van der Waals surface area contributed by atoms with Crippen LogP contribution in [0, 0.1) is 16.7 Å². The van der Waals surface area contributed by atoms with E-state index in [0.717, 1.165) is 0 Å². The van der Waals surface area contributed by atoms with Crippen LogP contribution in [0.5, 0.6) is 0 Å². The largest absolute Gasteiger partial charge is 0.455 e. The van der Waals surface area contributed by atoms with E-state index in [-0.39, 0.29) is 0 Å². The third kappa shape index (κ3) is 1.26. The number of cyclic esters (lactones) is 1. The number of esters is 1. The number of carbonyl (C=O) groups excluding carboxylic acids is 1. The summed E-state index contributed by atoms with van der Waals surface area (Å²) < 4.78 is 5.11. The molecule has 0 bridgehead atoms. The summed E-state index contributed by atoms with van der Waals surface area (Å²) in [5, 5.41) is 19.6. The molecule has 1 rings (SSSR count). The second-order valence-electron chi connectivity index (χ2n) is 4.75. The zero-order chi connectivity index (χ0) is 11.9. The number of rotatable bonds is 2. The molecule has 0 radical (unpaired) electrons. The van der Waals surface area contributed by atoms with E-state index in [1.165, 1.54) is 6.92 Å². The fourth-order valence-electron chi connectivity index (χ4n) is 2.24. The molecule has 1 saturated heterocycles. The minimum atomic E-state index is -1.47. The number of carbonyl (C=O) groups is 1. The fraction of sp³-hybridized carbons (Fsp3) is 0.818. The Morgan fingerprint density at radius 3 is 2.40 bits per heavy atom. The van der Waals surface area contributed by atoms with Gasteiger partial charge in [0.25, 0.3) is 0 Å². The summed E-state index contributed by atoms with van der Waals surface area (Å²) in [7, 11) is 0. The Labute approximate surface area is 89.8 Å². The van der Waals surface area contributed by atoms with Gasteiger partial charge in [0, 0.05) is 0 Å². The lowest BCUT2D eigenvalue weighted by Crippen LogP contribution is -2.55. The molecule has 0 amide bonds. The molecule has 0 aliphatic carbocycles. The second-order valence-corrected chi connectivity index (χ2v) is 4.75. The van der Waals surface area contributed by atoms with Crippen LogP contribution in [0.1, 0.15) is 40.5 Å². The van der Waals surface area contributed by atoms with E-state index < -0.39 is 22.6 Å². The van der Waals surface area contributed by atoms with Crippen LogP contribution in [0.4, 0.5) is 0 Å². The summed E-state index contributed by atoms with van der Waals surface area (Å²) in [6.07, 6.45) is 1.06. The van der Waals surface area contributed by atoms with Gasteiger partial charge in [-0.15, -0.1) is 0 Å². The second kappa shape index (κ2) is 3.21. The van der Waals surface area contributed by atoms with E-state index in [9.17, 15) is 9.90 Å². The molecule has 0 saturated carbocycles. The first-order valence-corrected chi connectivity index (χ1v) is 5.12. The van der Waals surface area contributed by atoms with Crippen molar-refractivity contribution in [3.8, 4) is 6.07 Å². The van der Waals surface area contributed by atoms with E-state index in [1.54, 1.807) is 13.8 Å². The average Bonchev–Trinajstić information content (AvgIpc) is 2.26. The number of ether oxygens (including phenoxy) is 1. The molecule has 0 aromatic carbocycles. The molecule has 1 aliphatic heterocycles. The molecular formula is C11H17NO3. The van der Waals surface area contributed by atoms with Gasteiger partial charge in [0.2, 0.25) is 0 Å². The lowest BCUT2D eigenvalue weighted by Gasteiger charge is -2.38. The van der Waals surface area contributed by atoms with Crippen LogP contribution in [0.25, 0.3) is 0 Å². The number of hydrogen-bond acceptors (Lipinski definition) is 4. The first-order valence-electron chi connectivity index (χ1n) is 5.12. The molecule has 1 aliphatic rings. The zero-order valence-corrected chi connectivity index (χ0v) is 9.63. The first-order chi connectivity index (χ1) is 6.75. The van der Waals surface area contributed by atoms with Crippen LogP contribution in [0.15, 0.2) is 0 Å². The van der Waals surface area contributed by atoms with Crippen molar-refractivity contribution in [3.05, 3.63) is 0 Å². The maximum atomic E-state index is 11.6. The molecule has 1 fully saturated rings. The molecule has 4 heteroatoms. The Bertz CT molecular complexity index is 331. The van der Waals surface area contributed by atoms with E-state index in [1.807, 2.05) is 13.0 Å². The zero-order valence-electron chi connectivity index (χ0n) is 9.63. The smallest absolute Gasteiger partial charge is 0.330 e. The maximum absolute atomic E-state index is 11.6.